The molecule has 21 heavy (non-hydrogen) atoms. The lowest BCUT2D eigenvalue weighted by Crippen LogP contribution is -2.37. The van der Waals surface area contributed by atoms with Crippen LogP contribution in [0.4, 0.5) is 5.95 Å². The summed E-state index contributed by atoms with van der Waals surface area (Å²) in [5.41, 5.74) is 1.08. The summed E-state index contributed by atoms with van der Waals surface area (Å²) < 4.78 is 0. The van der Waals surface area contributed by atoms with E-state index in [2.05, 4.69) is 34.0 Å². The predicted octanol–water partition coefficient (Wildman–Crippen LogP) is 2.11. The van der Waals surface area contributed by atoms with Crippen molar-refractivity contribution in [1.82, 2.24) is 14.9 Å². The molecule has 118 valence electrons. The number of anilines is 1. The number of likely N-dealkylation sites (tertiary alicyclic amines) is 1. The van der Waals surface area contributed by atoms with Crippen LogP contribution in [0.2, 0.25) is 0 Å². The molecule has 0 unspecified atom stereocenters. The van der Waals surface area contributed by atoms with Crippen LogP contribution >= 0.6 is 0 Å². The monoisotopic (exact) mass is 292 g/mol. The van der Waals surface area contributed by atoms with Crippen molar-refractivity contribution in [1.29, 1.82) is 0 Å². The van der Waals surface area contributed by atoms with Crippen LogP contribution in [0.1, 0.15) is 44.7 Å². The van der Waals surface area contributed by atoms with Gasteiger partial charge in [-0.05, 0) is 50.3 Å². The standard InChI is InChI=1S/C16H28N4O/c1-13(2)15-6-8-18-16(19-15)17-7-4-10-20-9-3-5-14(11-20)12-21/h6,8,13-14,21H,3-5,7,9-12H2,1-2H3,(H,17,18,19)/t14-/m1/s1. The highest BCUT2D eigenvalue weighted by Gasteiger charge is 2.18. The molecular formula is C16H28N4O. The zero-order valence-electron chi connectivity index (χ0n) is 13.3. The van der Waals surface area contributed by atoms with Crippen LogP contribution in [-0.4, -0.2) is 52.8 Å². The maximum absolute atomic E-state index is 9.24. The second-order valence-corrected chi connectivity index (χ2v) is 6.23. The van der Waals surface area contributed by atoms with Gasteiger partial charge in [0, 0.05) is 31.6 Å². The molecule has 5 nitrogen and oxygen atoms in total. The van der Waals surface area contributed by atoms with Gasteiger partial charge in [-0.15, -0.1) is 0 Å². The number of rotatable bonds is 7. The first-order chi connectivity index (χ1) is 10.2. The van der Waals surface area contributed by atoms with Gasteiger partial charge in [0.05, 0.1) is 0 Å². The Bertz CT molecular complexity index is 424. The van der Waals surface area contributed by atoms with Gasteiger partial charge in [0.15, 0.2) is 0 Å². The minimum atomic E-state index is 0.324. The Morgan fingerprint density at radius 2 is 2.33 bits per heavy atom. The van der Waals surface area contributed by atoms with Crippen LogP contribution in [0.5, 0.6) is 0 Å². The van der Waals surface area contributed by atoms with Crippen LogP contribution in [0, 0.1) is 5.92 Å². The molecule has 1 aliphatic heterocycles. The molecular weight excluding hydrogens is 264 g/mol. The van der Waals surface area contributed by atoms with Gasteiger partial charge in [0.1, 0.15) is 0 Å². The highest BCUT2D eigenvalue weighted by molar-refractivity contribution is 5.25. The fourth-order valence-electron chi connectivity index (χ4n) is 2.79. The first kappa shape index (κ1) is 16.2. The van der Waals surface area contributed by atoms with E-state index in [1.807, 2.05) is 12.3 Å². The average Bonchev–Trinajstić information content (AvgIpc) is 2.52. The second kappa shape index (κ2) is 8.29. The number of aliphatic hydroxyl groups is 1. The highest BCUT2D eigenvalue weighted by Crippen LogP contribution is 2.16. The fraction of sp³-hybridized carbons (Fsp3) is 0.750. The first-order valence-corrected chi connectivity index (χ1v) is 8.09. The SMILES string of the molecule is CC(C)c1ccnc(NCCCN2CCC[C@@H](CO)C2)n1. The van der Waals surface area contributed by atoms with Gasteiger partial charge in [-0.3, -0.25) is 0 Å². The Balaban J connectivity index is 1.68. The maximum atomic E-state index is 9.24. The third-order valence-electron chi connectivity index (χ3n) is 4.06. The van der Waals surface area contributed by atoms with Gasteiger partial charge < -0.3 is 15.3 Å². The smallest absolute Gasteiger partial charge is 0.222 e. The van der Waals surface area contributed by atoms with E-state index in [1.54, 1.807) is 0 Å². The summed E-state index contributed by atoms with van der Waals surface area (Å²) in [6.45, 7) is 8.77. The average molecular weight is 292 g/mol. The topological polar surface area (TPSA) is 61.3 Å². The molecule has 1 aliphatic rings. The summed E-state index contributed by atoms with van der Waals surface area (Å²) in [4.78, 5) is 11.2. The zero-order chi connectivity index (χ0) is 15.1. The molecule has 1 fully saturated rings. The summed E-state index contributed by atoms with van der Waals surface area (Å²) in [5.74, 6) is 1.63. The lowest BCUT2D eigenvalue weighted by atomic mass is 9.99. The van der Waals surface area contributed by atoms with Crippen molar-refractivity contribution in [2.45, 2.75) is 39.0 Å². The Morgan fingerprint density at radius 3 is 3.10 bits per heavy atom. The minimum Gasteiger partial charge on any atom is -0.396 e. The molecule has 2 rings (SSSR count). The van der Waals surface area contributed by atoms with Gasteiger partial charge in [0.2, 0.25) is 5.95 Å². The van der Waals surface area contributed by atoms with Crippen molar-refractivity contribution < 1.29 is 5.11 Å². The Hall–Kier alpha value is -1.20. The summed E-state index contributed by atoms with van der Waals surface area (Å²) in [7, 11) is 0. The number of nitrogens with one attached hydrogen (secondary N) is 1. The van der Waals surface area contributed by atoms with Crippen LogP contribution in [0.25, 0.3) is 0 Å². The van der Waals surface area contributed by atoms with Crippen molar-refractivity contribution in [3.8, 4) is 0 Å². The van der Waals surface area contributed by atoms with Gasteiger partial charge in [-0.25, -0.2) is 9.97 Å². The first-order valence-electron chi connectivity index (χ1n) is 8.09. The van der Waals surface area contributed by atoms with Crippen LogP contribution in [0.15, 0.2) is 12.3 Å². The predicted molar refractivity (Wildman–Crippen MR) is 85.5 cm³/mol. The molecule has 1 aromatic heterocycles. The number of aromatic nitrogens is 2. The van der Waals surface area contributed by atoms with E-state index in [-0.39, 0.29) is 0 Å². The zero-order valence-corrected chi connectivity index (χ0v) is 13.3. The van der Waals surface area contributed by atoms with E-state index >= 15 is 0 Å². The molecule has 0 aliphatic carbocycles. The molecule has 0 saturated carbocycles. The molecule has 1 aromatic rings. The van der Waals surface area contributed by atoms with Crippen LogP contribution in [0.3, 0.4) is 0 Å². The van der Waals surface area contributed by atoms with Gasteiger partial charge in [0.25, 0.3) is 0 Å². The molecule has 1 saturated heterocycles. The molecule has 1 atom stereocenters. The summed E-state index contributed by atoms with van der Waals surface area (Å²) in [6.07, 6.45) is 5.27. The number of piperidine rings is 1. The Kier molecular flexibility index (Phi) is 6.39. The highest BCUT2D eigenvalue weighted by atomic mass is 16.3. The van der Waals surface area contributed by atoms with E-state index in [9.17, 15) is 5.11 Å². The minimum absolute atomic E-state index is 0.324. The summed E-state index contributed by atoms with van der Waals surface area (Å²) in [6, 6.07) is 1.97. The van der Waals surface area contributed by atoms with Crippen LogP contribution < -0.4 is 5.32 Å². The Morgan fingerprint density at radius 1 is 1.48 bits per heavy atom. The Labute approximate surface area is 127 Å². The van der Waals surface area contributed by atoms with Crippen molar-refractivity contribution in [3.63, 3.8) is 0 Å². The normalized spacial score (nSPS) is 19.9. The third kappa shape index (κ3) is 5.25. The van der Waals surface area contributed by atoms with Crippen molar-refractivity contribution in [2.24, 2.45) is 5.92 Å². The number of aliphatic hydroxyl groups excluding tert-OH is 1. The fourth-order valence-corrected chi connectivity index (χ4v) is 2.79. The largest absolute Gasteiger partial charge is 0.396 e. The van der Waals surface area contributed by atoms with Crippen LogP contribution in [-0.2, 0) is 0 Å². The van der Waals surface area contributed by atoms with Gasteiger partial charge in [-0.2, -0.15) is 0 Å². The molecule has 0 bridgehead atoms. The number of hydrogen-bond donors (Lipinski definition) is 2. The van der Waals surface area contributed by atoms with E-state index in [4.69, 9.17) is 0 Å². The lowest BCUT2D eigenvalue weighted by Gasteiger charge is -2.31. The van der Waals surface area contributed by atoms with E-state index in [0.29, 0.717) is 18.4 Å². The molecule has 2 N–H and O–H groups in total. The molecule has 0 aromatic carbocycles. The van der Waals surface area contributed by atoms with Crippen molar-refractivity contribution >= 4 is 5.95 Å². The maximum Gasteiger partial charge on any atom is 0.222 e. The number of hydrogen-bond acceptors (Lipinski definition) is 5. The number of nitrogens with zero attached hydrogens (tertiary/aromatic N) is 3. The third-order valence-corrected chi connectivity index (χ3v) is 4.06. The molecule has 5 heteroatoms. The molecule has 2 heterocycles. The van der Waals surface area contributed by atoms with Gasteiger partial charge >= 0.3 is 0 Å². The van der Waals surface area contributed by atoms with Crippen molar-refractivity contribution in [3.05, 3.63) is 18.0 Å². The summed E-state index contributed by atoms with van der Waals surface area (Å²) >= 11 is 0. The molecule has 0 radical (unpaired) electrons. The lowest BCUT2D eigenvalue weighted by molar-refractivity contribution is 0.120. The van der Waals surface area contributed by atoms with E-state index in [0.717, 1.165) is 44.2 Å². The van der Waals surface area contributed by atoms with Gasteiger partial charge in [-0.1, -0.05) is 13.8 Å². The van der Waals surface area contributed by atoms with Crippen molar-refractivity contribution in [2.75, 3.05) is 38.1 Å². The molecule has 0 spiro atoms. The van der Waals surface area contributed by atoms with E-state index < -0.39 is 0 Å². The van der Waals surface area contributed by atoms with E-state index in [1.165, 1.54) is 12.8 Å². The quantitative estimate of drug-likeness (QED) is 0.754. The molecule has 0 amide bonds. The second-order valence-electron chi connectivity index (χ2n) is 6.23. The summed E-state index contributed by atoms with van der Waals surface area (Å²) in [5, 5.41) is 12.6.